The maximum atomic E-state index is 12.6. The van der Waals surface area contributed by atoms with Gasteiger partial charge >= 0.3 is 0 Å². The van der Waals surface area contributed by atoms with E-state index < -0.39 is 0 Å². The maximum absolute atomic E-state index is 12.6. The minimum absolute atomic E-state index is 0.0117. The van der Waals surface area contributed by atoms with Gasteiger partial charge in [-0.25, -0.2) is 0 Å². The summed E-state index contributed by atoms with van der Waals surface area (Å²) in [6, 6.07) is 7.62. The fraction of sp³-hybridized carbons (Fsp3) is 0.471. The van der Waals surface area contributed by atoms with Crippen LogP contribution in [0.1, 0.15) is 34.3 Å². The largest absolute Gasteiger partial charge is 0.340 e. The van der Waals surface area contributed by atoms with Crippen LogP contribution in [0.3, 0.4) is 0 Å². The van der Waals surface area contributed by atoms with Gasteiger partial charge in [0.1, 0.15) is 6.42 Å². The SMILES string of the molecule is Cc1ccc(C(=O)N2CCCN(C(=O)CC#N)CC2)cc1C. The number of rotatable bonds is 2. The maximum Gasteiger partial charge on any atom is 0.253 e. The number of carbonyl (C=O) groups is 2. The summed E-state index contributed by atoms with van der Waals surface area (Å²) in [6.45, 7) is 6.28. The van der Waals surface area contributed by atoms with Crippen LogP contribution < -0.4 is 0 Å². The van der Waals surface area contributed by atoms with Crippen LogP contribution in [0.5, 0.6) is 0 Å². The Kier molecular flexibility index (Phi) is 5.16. The number of hydrogen-bond donors (Lipinski definition) is 0. The van der Waals surface area contributed by atoms with E-state index in [1.807, 2.05) is 38.1 Å². The second kappa shape index (κ2) is 7.08. The zero-order valence-electron chi connectivity index (χ0n) is 13.1. The topological polar surface area (TPSA) is 64.4 Å². The lowest BCUT2D eigenvalue weighted by molar-refractivity contribution is -0.130. The van der Waals surface area contributed by atoms with Gasteiger partial charge in [-0.2, -0.15) is 5.26 Å². The summed E-state index contributed by atoms with van der Waals surface area (Å²) < 4.78 is 0. The minimum Gasteiger partial charge on any atom is -0.340 e. The van der Waals surface area contributed by atoms with E-state index in [2.05, 4.69) is 0 Å². The summed E-state index contributed by atoms with van der Waals surface area (Å²) in [5, 5.41) is 8.61. The Morgan fingerprint density at radius 2 is 1.77 bits per heavy atom. The fourth-order valence-electron chi connectivity index (χ4n) is 2.61. The standard InChI is InChI=1S/C17H21N3O2/c1-13-4-5-15(12-14(13)2)17(22)20-9-3-8-19(10-11-20)16(21)6-7-18/h4-5,12H,3,6,8-11H2,1-2H3. The Bertz CT molecular complexity index is 619. The molecule has 1 saturated heterocycles. The van der Waals surface area contributed by atoms with Crippen LogP contribution >= 0.6 is 0 Å². The first-order chi connectivity index (χ1) is 10.5. The third kappa shape index (κ3) is 3.64. The number of amides is 2. The van der Waals surface area contributed by atoms with Crippen molar-refractivity contribution in [3.8, 4) is 6.07 Å². The molecule has 0 saturated carbocycles. The average Bonchev–Trinajstić information content (AvgIpc) is 2.75. The summed E-state index contributed by atoms with van der Waals surface area (Å²) >= 11 is 0. The smallest absolute Gasteiger partial charge is 0.253 e. The van der Waals surface area contributed by atoms with Crippen molar-refractivity contribution < 1.29 is 9.59 Å². The van der Waals surface area contributed by atoms with Gasteiger partial charge in [0.05, 0.1) is 6.07 Å². The van der Waals surface area contributed by atoms with Gasteiger partial charge in [-0.1, -0.05) is 6.07 Å². The minimum atomic E-state index is -0.150. The summed E-state index contributed by atoms with van der Waals surface area (Å²) in [4.78, 5) is 27.8. The molecule has 0 aliphatic carbocycles. The van der Waals surface area contributed by atoms with Crippen LogP contribution in [0.4, 0.5) is 0 Å². The lowest BCUT2D eigenvalue weighted by Gasteiger charge is -2.22. The number of nitriles is 1. The van der Waals surface area contributed by atoms with Crippen molar-refractivity contribution in [2.75, 3.05) is 26.2 Å². The number of carbonyl (C=O) groups excluding carboxylic acids is 2. The molecule has 0 radical (unpaired) electrons. The molecule has 2 amide bonds. The molecule has 0 unspecified atom stereocenters. The first-order valence-corrected chi connectivity index (χ1v) is 7.54. The highest BCUT2D eigenvalue weighted by Crippen LogP contribution is 2.14. The first kappa shape index (κ1) is 16.0. The molecule has 2 rings (SSSR count). The monoisotopic (exact) mass is 299 g/mol. The van der Waals surface area contributed by atoms with Crippen molar-refractivity contribution in [2.24, 2.45) is 0 Å². The lowest BCUT2D eigenvalue weighted by atomic mass is 10.1. The second-order valence-corrected chi connectivity index (χ2v) is 5.66. The Balaban J connectivity index is 2.04. The van der Waals surface area contributed by atoms with Gasteiger partial charge in [0.15, 0.2) is 0 Å². The van der Waals surface area contributed by atoms with E-state index in [1.54, 1.807) is 9.80 Å². The Labute approximate surface area is 131 Å². The molecule has 1 aromatic rings. The van der Waals surface area contributed by atoms with E-state index in [9.17, 15) is 9.59 Å². The molecule has 1 fully saturated rings. The van der Waals surface area contributed by atoms with E-state index in [4.69, 9.17) is 5.26 Å². The fourth-order valence-corrected chi connectivity index (χ4v) is 2.61. The third-order valence-corrected chi connectivity index (χ3v) is 4.12. The van der Waals surface area contributed by atoms with E-state index in [0.717, 1.165) is 12.0 Å². The average molecular weight is 299 g/mol. The van der Waals surface area contributed by atoms with E-state index in [0.29, 0.717) is 31.7 Å². The van der Waals surface area contributed by atoms with Gasteiger partial charge < -0.3 is 9.80 Å². The molecule has 1 aromatic carbocycles. The number of benzene rings is 1. The Hall–Kier alpha value is -2.35. The predicted molar refractivity (Wildman–Crippen MR) is 83.2 cm³/mol. The molecule has 1 aliphatic rings. The molecule has 116 valence electrons. The highest BCUT2D eigenvalue weighted by atomic mass is 16.2. The molecule has 0 bridgehead atoms. The quantitative estimate of drug-likeness (QED) is 0.837. The van der Waals surface area contributed by atoms with Crippen LogP contribution in [0.2, 0.25) is 0 Å². The van der Waals surface area contributed by atoms with Crippen LogP contribution in [0.15, 0.2) is 18.2 Å². The van der Waals surface area contributed by atoms with E-state index in [1.165, 1.54) is 5.56 Å². The normalized spacial score (nSPS) is 15.1. The summed E-state index contributed by atoms with van der Waals surface area (Å²) in [6.07, 6.45) is 0.652. The first-order valence-electron chi connectivity index (χ1n) is 7.54. The summed E-state index contributed by atoms with van der Waals surface area (Å²) in [7, 11) is 0. The molecule has 1 aliphatic heterocycles. The highest BCUT2D eigenvalue weighted by Gasteiger charge is 2.22. The second-order valence-electron chi connectivity index (χ2n) is 5.66. The predicted octanol–water partition coefficient (Wildman–Crippen LogP) is 1.89. The molecule has 0 atom stereocenters. The zero-order chi connectivity index (χ0) is 16.1. The Morgan fingerprint density at radius 3 is 2.45 bits per heavy atom. The van der Waals surface area contributed by atoms with Crippen molar-refractivity contribution in [3.05, 3.63) is 34.9 Å². The van der Waals surface area contributed by atoms with Crippen molar-refractivity contribution in [3.63, 3.8) is 0 Å². The zero-order valence-corrected chi connectivity index (χ0v) is 13.1. The number of hydrogen-bond acceptors (Lipinski definition) is 3. The Morgan fingerprint density at radius 1 is 1.09 bits per heavy atom. The number of nitrogens with zero attached hydrogens (tertiary/aromatic N) is 3. The van der Waals surface area contributed by atoms with Gasteiger partial charge in [-0.3, -0.25) is 9.59 Å². The van der Waals surface area contributed by atoms with Gasteiger partial charge in [-0.05, 0) is 43.5 Å². The van der Waals surface area contributed by atoms with Crippen LogP contribution in [-0.4, -0.2) is 47.8 Å². The molecule has 22 heavy (non-hydrogen) atoms. The molecule has 5 nitrogen and oxygen atoms in total. The molecular weight excluding hydrogens is 278 g/mol. The van der Waals surface area contributed by atoms with Gasteiger partial charge in [0.2, 0.25) is 5.91 Å². The molecule has 0 aromatic heterocycles. The highest BCUT2D eigenvalue weighted by molar-refractivity contribution is 5.94. The third-order valence-electron chi connectivity index (χ3n) is 4.12. The summed E-state index contributed by atoms with van der Waals surface area (Å²) in [5.41, 5.74) is 2.96. The van der Waals surface area contributed by atoms with Gasteiger partial charge in [0.25, 0.3) is 5.91 Å². The van der Waals surface area contributed by atoms with Crippen molar-refractivity contribution in [2.45, 2.75) is 26.7 Å². The molecule has 0 spiro atoms. The van der Waals surface area contributed by atoms with Gasteiger partial charge in [-0.15, -0.1) is 0 Å². The van der Waals surface area contributed by atoms with Crippen LogP contribution in [0.25, 0.3) is 0 Å². The van der Waals surface area contributed by atoms with Crippen molar-refractivity contribution in [1.29, 1.82) is 5.26 Å². The summed E-state index contributed by atoms with van der Waals surface area (Å²) in [5.74, 6) is -0.138. The number of aryl methyl sites for hydroxylation is 2. The van der Waals surface area contributed by atoms with E-state index in [-0.39, 0.29) is 18.2 Å². The van der Waals surface area contributed by atoms with Gasteiger partial charge in [0, 0.05) is 31.7 Å². The van der Waals surface area contributed by atoms with Crippen LogP contribution in [0, 0.1) is 25.2 Å². The van der Waals surface area contributed by atoms with E-state index >= 15 is 0 Å². The molecule has 1 heterocycles. The van der Waals surface area contributed by atoms with Crippen LogP contribution in [-0.2, 0) is 4.79 Å². The molecule has 5 heteroatoms. The van der Waals surface area contributed by atoms with Crippen molar-refractivity contribution in [1.82, 2.24) is 9.80 Å². The van der Waals surface area contributed by atoms with Crippen molar-refractivity contribution >= 4 is 11.8 Å². The lowest BCUT2D eigenvalue weighted by Crippen LogP contribution is -2.37. The molecular formula is C17H21N3O2. The molecule has 0 N–H and O–H groups in total.